The first-order valence-corrected chi connectivity index (χ1v) is 9.33. The van der Waals surface area contributed by atoms with Crippen molar-refractivity contribution in [2.75, 3.05) is 13.1 Å². The smallest absolute Gasteiger partial charge is 0.226 e. The van der Waals surface area contributed by atoms with Gasteiger partial charge in [-0.05, 0) is 31.6 Å². The number of aliphatic imine (C=N–C) groups is 1. The molecule has 0 saturated carbocycles. The van der Waals surface area contributed by atoms with Crippen molar-refractivity contribution in [3.05, 3.63) is 26.7 Å². The molecule has 0 radical (unpaired) electrons. The van der Waals surface area contributed by atoms with Gasteiger partial charge in [0.1, 0.15) is 0 Å². The highest BCUT2D eigenvalue weighted by Crippen LogP contribution is 2.34. The van der Waals surface area contributed by atoms with Crippen LogP contribution in [0.4, 0.5) is 0 Å². The molecular formula is C15H18N4OS2. The fourth-order valence-corrected chi connectivity index (χ4v) is 5.20. The average Bonchev–Trinajstić information content (AvgIpc) is 3.15. The van der Waals surface area contributed by atoms with Crippen LogP contribution in [0.2, 0.25) is 0 Å². The molecule has 0 unspecified atom stereocenters. The zero-order chi connectivity index (χ0) is 15.1. The number of hydrogen-bond donors (Lipinski definition) is 1. The summed E-state index contributed by atoms with van der Waals surface area (Å²) in [6, 6.07) is 0.0857. The zero-order valence-electron chi connectivity index (χ0n) is 12.5. The van der Waals surface area contributed by atoms with Gasteiger partial charge in [0, 0.05) is 17.1 Å². The van der Waals surface area contributed by atoms with Gasteiger partial charge in [-0.2, -0.15) is 0 Å². The molecule has 7 heteroatoms. The first kappa shape index (κ1) is 14.3. The Labute approximate surface area is 137 Å². The highest BCUT2D eigenvalue weighted by molar-refractivity contribution is 8.16. The Morgan fingerprint density at radius 3 is 3.36 bits per heavy atom. The summed E-state index contributed by atoms with van der Waals surface area (Å²) in [6.45, 7) is 3.78. The molecule has 0 spiro atoms. The van der Waals surface area contributed by atoms with Gasteiger partial charge in [0.05, 0.1) is 29.7 Å². The lowest BCUT2D eigenvalue weighted by molar-refractivity contribution is -0.121. The van der Waals surface area contributed by atoms with Crippen molar-refractivity contribution in [1.82, 2.24) is 15.2 Å². The molecule has 0 aromatic carbocycles. The molecule has 4 rings (SSSR count). The number of fused-ring (bicyclic) bond motifs is 2. The Morgan fingerprint density at radius 2 is 2.45 bits per heavy atom. The van der Waals surface area contributed by atoms with Gasteiger partial charge < -0.3 is 10.2 Å². The third-order valence-corrected chi connectivity index (χ3v) is 6.18. The Morgan fingerprint density at radius 1 is 1.55 bits per heavy atom. The summed E-state index contributed by atoms with van der Waals surface area (Å²) in [7, 11) is 0. The van der Waals surface area contributed by atoms with E-state index in [1.807, 2.05) is 6.92 Å². The molecule has 0 saturated heterocycles. The largest absolute Gasteiger partial charge is 0.347 e. The van der Waals surface area contributed by atoms with E-state index in [9.17, 15) is 4.79 Å². The summed E-state index contributed by atoms with van der Waals surface area (Å²) < 4.78 is 0. The summed E-state index contributed by atoms with van der Waals surface area (Å²) in [5, 5.41) is 7.37. The molecule has 5 nitrogen and oxygen atoms in total. The van der Waals surface area contributed by atoms with Crippen LogP contribution in [-0.4, -0.2) is 34.0 Å². The summed E-state index contributed by atoms with van der Waals surface area (Å²) in [4.78, 5) is 25.0. The Kier molecular flexibility index (Phi) is 3.69. The molecule has 3 aliphatic rings. The van der Waals surface area contributed by atoms with Crippen LogP contribution in [0.15, 0.2) is 16.1 Å². The normalized spacial score (nSPS) is 23.0. The predicted molar refractivity (Wildman–Crippen MR) is 90.0 cm³/mol. The van der Waals surface area contributed by atoms with E-state index in [0.29, 0.717) is 6.42 Å². The number of rotatable bonds is 3. The lowest BCUT2D eigenvalue weighted by Gasteiger charge is -2.23. The summed E-state index contributed by atoms with van der Waals surface area (Å²) in [5.74, 6) is 0.0866. The van der Waals surface area contributed by atoms with Crippen molar-refractivity contribution in [3.63, 3.8) is 0 Å². The molecule has 1 amide bonds. The van der Waals surface area contributed by atoms with Crippen molar-refractivity contribution >= 4 is 34.2 Å². The van der Waals surface area contributed by atoms with E-state index in [1.54, 1.807) is 23.1 Å². The molecule has 116 valence electrons. The van der Waals surface area contributed by atoms with Gasteiger partial charge in [-0.1, -0.05) is 11.8 Å². The first-order valence-electron chi connectivity index (χ1n) is 7.64. The van der Waals surface area contributed by atoms with Crippen molar-refractivity contribution in [1.29, 1.82) is 0 Å². The van der Waals surface area contributed by atoms with Crippen LogP contribution in [0.25, 0.3) is 0 Å². The van der Waals surface area contributed by atoms with Gasteiger partial charge in [-0.3, -0.25) is 9.79 Å². The molecule has 3 heterocycles. The Bertz CT molecular complexity index is 679. The minimum atomic E-state index is 0.0857. The molecule has 1 aromatic heterocycles. The van der Waals surface area contributed by atoms with Crippen LogP contribution < -0.4 is 5.32 Å². The van der Waals surface area contributed by atoms with Gasteiger partial charge in [0.2, 0.25) is 5.91 Å². The van der Waals surface area contributed by atoms with E-state index >= 15 is 0 Å². The van der Waals surface area contributed by atoms with Crippen LogP contribution in [0, 0.1) is 6.92 Å². The first-order chi connectivity index (χ1) is 10.7. The Hall–Kier alpha value is -1.34. The molecular weight excluding hydrogens is 316 g/mol. The van der Waals surface area contributed by atoms with E-state index in [2.05, 4.69) is 25.6 Å². The second-order valence-electron chi connectivity index (χ2n) is 5.77. The number of hydrogen-bond acceptors (Lipinski definition) is 6. The number of carbonyl (C=O) groups excluding carboxylic acids is 1. The van der Waals surface area contributed by atoms with Gasteiger partial charge in [0.15, 0.2) is 5.17 Å². The SMILES string of the molecule is Cc1nc2c(s1)CCC[C@H]2NC(=O)CC1=CSC2=NCCN12. The fourth-order valence-electron chi connectivity index (χ4n) is 3.21. The van der Waals surface area contributed by atoms with E-state index < -0.39 is 0 Å². The second-order valence-corrected chi connectivity index (χ2v) is 7.90. The second kappa shape index (κ2) is 5.70. The molecule has 22 heavy (non-hydrogen) atoms. The molecule has 1 aliphatic carbocycles. The quantitative estimate of drug-likeness (QED) is 0.923. The highest BCUT2D eigenvalue weighted by Gasteiger charge is 2.29. The van der Waals surface area contributed by atoms with Gasteiger partial charge in [0.25, 0.3) is 0 Å². The van der Waals surface area contributed by atoms with Crippen molar-refractivity contribution in [2.24, 2.45) is 4.99 Å². The lowest BCUT2D eigenvalue weighted by atomic mass is 9.97. The van der Waals surface area contributed by atoms with Gasteiger partial charge in [-0.15, -0.1) is 11.3 Å². The van der Waals surface area contributed by atoms with E-state index in [0.717, 1.165) is 53.9 Å². The van der Waals surface area contributed by atoms with Crippen LogP contribution in [0.3, 0.4) is 0 Å². The summed E-state index contributed by atoms with van der Waals surface area (Å²) in [5.41, 5.74) is 2.17. The maximum absolute atomic E-state index is 12.4. The number of carbonyl (C=O) groups is 1. The third-order valence-electron chi connectivity index (χ3n) is 4.19. The number of nitrogens with zero attached hydrogens (tertiary/aromatic N) is 3. The van der Waals surface area contributed by atoms with Crippen LogP contribution in [0.1, 0.15) is 40.9 Å². The average molecular weight is 334 g/mol. The minimum absolute atomic E-state index is 0.0857. The summed E-state index contributed by atoms with van der Waals surface area (Å²) in [6.07, 6.45) is 3.65. The van der Waals surface area contributed by atoms with E-state index in [1.165, 1.54) is 4.88 Å². The van der Waals surface area contributed by atoms with Crippen LogP contribution in [-0.2, 0) is 11.2 Å². The van der Waals surface area contributed by atoms with Crippen LogP contribution in [0.5, 0.6) is 0 Å². The number of aromatic nitrogens is 1. The number of nitrogens with one attached hydrogen (secondary N) is 1. The van der Waals surface area contributed by atoms with Crippen molar-refractivity contribution in [3.8, 4) is 0 Å². The molecule has 1 aromatic rings. The van der Waals surface area contributed by atoms with Crippen molar-refractivity contribution in [2.45, 2.75) is 38.6 Å². The van der Waals surface area contributed by atoms with Crippen LogP contribution >= 0.6 is 23.1 Å². The van der Waals surface area contributed by atoms with E-state index in [-0.39, 0.29) is 11.9 Å². The number of thiazole rings is 1. The maximum Gasteiger partial charge on any atom is 0.226 e. The molecule has 2 aliphatic heterocycles. The lowest BCUT2D eigenvalue weighted by Crippen LogP contribution is -2.33. The monoisotopic (exact) mass is 334 g/mol. The highest BCUT2D eigenvalue weighted by atomic mass is 32.2. The third kappa shape index (κ3) is 2.56. The molecule has 1 N–H and O–H groups in total. The summed E-state index contributed by atoms with van der Waals surface area (Å²) >= 11 is 3.39. The fraction of sp³-hybridized carbons (Fsp3) is 0.533. The number of thioether (sulfide) groups is 1. The topological polar surface area (TPSA) is 57.6 Å². The van der Waals surface area contributed by atoms with Gasteiger partial charge >= 0.3 is 0 Å². The van der Waals surface area contributed by atoms with Gasteiger partial charge in [-0.25, -0.2) is 4.98 Å². The number of amidine groups is 1. The molecule has 0 fully saturated rings. The minimum Gasteiger partial charge on any atom is -0.347 e. The number of aryl methyl sites for hydroxylation is 2. The molecule has 0 bridgehead atoms. The Balaban J connectivity index is 1.42. The maximum atomic E-state index is 12.4. The number of amides is 1. The standard InChI is InChI=1S/C15H18N4OS2/c1-9-17-14-11(3-2-4-12(14)22-9)18-13(20)7-10-8-21-15-16-5-6-19(10)15/h8,11H,2-7H2,1H3,(H,18,20)/t11-/m1/s1. The van der Waals surface area contributed by atoms with E-state index in [4.69, 9.17) is 0 Å². The van der Waals surface area contributed by atoms with Crippen molar-refractivity contribution < 1.29 is 4.79 Å². The predicted octanol–water partition coefficient (Wildman–Crippen LogP) is 2.60. The zero-order valence-corrected chi connectivity index (χ0v) is 14.1. The molecule has 1 atom stereocenters.